The van der Waals surface area contributed by atoms with Crippen molar-refractivity contribution in [3.63, 3.8) is 0 Å². The molecule has 1 aromatic heterocycles. The predicted octanol–water partition coefficient (Wildman–Crippen LogP) is 0.712. The summed E-state index contributed by atoms with van der Waals surface area (Å²) < 4.78 is 20.7. The number of carbonyl (C=O) groups excluding carboxylic acids is 1. The Kier molecular flexibility index (Phi) is 6.16. The molecule has 0 saturated heterocycles. The molecule has 0 unspecified atom stereocenters. The van der Waals surface area contributed by atoms with Gasteiger partial charge >= 0.3 is 11.6 Å². The van der Waals surface area contributed by atoms with Crippen LogP contribution in [0, 0.1) is 0 Å². The number of rotatable bonds is 8. The number of ether oxygens (including phenoxy) is 3. The van der Waals surface area contributed by atoms with Crippen molar-refractivity contribution in [3.05, 3.63) is 34.2 Å². The molecule has 2 aromatic rings. The normalized spacial score (nSPS) is 10.6. The van der Waals surface area contributed by atoms with E-state index in [1.165, 1.54) is 6.07 Å². The zero-order valence-corrected chi connectivity index (χ0v) is 13.1. The largest absolute Gasteiger partial charge is 0.487 e. The molecular weight excluding hydrogens is 320 g/mol. The molecule has 0 spiro atoms. The summed E-state index contributed by atoms with van der Waals surface area (Å²) in [6.45, 7) is 1.29. The quantitative estimate of drug-likeness (QED) is 0.534. The smallest absolute Gasteiger partial charge is 0.351 e. The minimum atomic E-state index is -0.867. The summed E-state index contributed by atoms with van der Waals surface area (Å²) >= 11 is 0. The Morgan fingerprint density at radius 2 is 1.88 bits per heavy atom. The van der Waals surface area contributed by atoms with Gasteiger partial charge in [0.15, 0.2) is 11.3 Å². The molecule has 130 valence electrons. The fourth-order valence-corrected chi connectivity index (χ4v) is 2.05. The maximum Gasteiger partial charge on any atom is 0.351 e. The van der Waals surface area contributed by atoms with E-state index in [-0.39, 0.29) is 55.7 Å². The number of aliphatic hydroxyl groups excluding tert-OH is 2. The van der Waals surface area contributed by atoms with Crippen LogP contribution in [0.3, 0.4) is 0 Å². The minimum Gasteiger partial charge on any atom is -0.487 e. The second-order valence-corrected chi connectivity index (χ2v) is 4.62. The molecule has 0 aliphatic rings. The van der Waals surface area contributed by atoms with Crippen molar-refractivity contribution in [2.75, 3.05) is 33.0 Å². The third-order valence-electron chi connectivity index (χ3n) is 3.00. The summed E-state index contributed by atoms with van der Waals surface area (Å²) in [6, 6.07) is 4.49. The lowest BCUT2D eigenvalue weighted by Crippen LogP contribution is -2.16. The molecular formula is C16H18O8. The molecule has 2 N–H and O–H groups in total. The highest BCUT2D eigenvalue weighted by Gasteiger charge is 2.19. The molecule has 0 aliphatic heterocycles. The topological polar surface area (TPSA) is 115 Å². The third kappa shape index (κ3) is 3.84. The fraction of sp³-hybridized carbons (Fsp3) is 0.375. The lowest BCUT2D eigenvalue weighted by molar-refractivity contribution is 0.0521. The first kappa shape index (κ1) is 17.8. The SMILES string of the molecule is CCOC(=O)c1cc2ccc(OCCO)c(OCCO)c2oc1=O. The Hall–Kier alpha value is -2.58. The summed E-state index contributed by atoms with van der Waals surface area (Å²) in [4.78, 5) is 23.8. The van der Waals surface area contributed by atoms with E-state index >= 15 is 0 Å². The Morgan fingerprint density at radius 1 is 1.17 bits per heavy atom. The first-order chi connectivity index (χ1) is 11.6. The Bertz CT molecular complexity index is 764. The van der Waals surface area contributed by atoms with Gasteiger partial charge in [-0.1, -0.05) is 0 Å². The van der Waals surface area contributed by atoms with Gasteiger partial charge in [-0.05, 0) is 25.1 Å². The van der Waals surface area contributed by atoms with Gasteiger partial charge in [-0.25, -0.2) is 9.59 Å². The maximum atomic E-state index is 12.0. The monoisotopic (exact) mass is 338 g/mol. The van der Waals surface area contributed by atoms with E-state index in [0.29, 0.717) is 5.39 Å². The van der Waals surface area contributed by atoms with Crippen molar-refractivity contribution in [2.24, 2.45) is 0 Å². The van der Waals surface area contributed by atoms with Crippen LogP contribution in [-0.2, 0) is 4.74 Å². The molecule has 8 heteroatoms. The van der Waals surface area contributed by atoms with E-state index in [2.05, 4.69) is 0 Å². The highest BCUT2D eigenvalue weighted by Crippen LogP contribution is 2.35. The second-order valence-electron chi connectivity index (χ2n) is 4.62. The molecule has 0 bridgehead atoms. The van der Waals surface area contributed by atoms with Crippen LogP contribution in [-0.4, -0.2) is 49.2 Å². The van der Waals surface area contributed by atoms with Crippen LogP contribution < -0.4 is 15.1 Å². The Balaban J connectivity index is 2.55. The maximum absolute atomic E-state index is 12.0. The number of hydrogen-bond donors (Lipinski definition) is 2. The van der Waals surface area contributed by atoms with Crippen molar-refractivity contribution in [2.45, 2.75) is 6.92 Å². The number of fused-ring (bicyclic) bond motifs is 1. The molecule has 0 radical (unpaired) electrons. The molecule has 0 aliphatic carbocycles. The van der Waals surface area contributed by atoms with Crippen molar-refractivity contribution >= 4 is 16.9 Å². The summed E-state index contributed by atoms with van der Waals surface area (Å²) in [7, 11) is 0. The van der Waals surface area contributed by atoms with Gasteiger partial charge in [-0.2, -0.15) is 0 Å². The number of carbonyl (C=O) groups is 1. The summed E-state index contributed by atoms with van der Waals surface area (Å²) in [5, 5.41) is 18.2. The van der Waals surface area contributed by atoms with E-state index < -0.39 is 11.6 Å². The van der Waals surface area contributed by atoms with Crippen LogP contribution >= 0.6 is 0 Å². The molecule has 0 atom stereocenters. The van der Waals surface area contributed by atoms with Gasteiger partial charge in [0, 0.05) is 5.39 Å². The van der Waals surface area contributed by atoms with Crippen LogP contribution in [0.4, 0.5) is 0 Å². The lowest BCUT2D eigenvalue weighted by atomic mass is 10.1. The summed E-state index contributed by atoms with van der Waals surface area (Å²) in [5.41, 5.74) is -1.01. The number of esters is 1. The average Bonchev–Trinajstić information content (AvgIpc) is 2.58. The Labute approximate surface area is 137 Å². The highest BCUT2D eigenvalue weighted by atomic mass is 16.5. The number of benzene rings is 1. The average molecular weight is 338 g/mol. The summed E-state index contributed by atoms with van der Waals surface area (Å²) in [5.74, 6) is -0.411. The van der Waals surface area contributed by atoms with Crippen molar-refractivity contribution in [3.8, 4) is 11.5 Å². The number of hydrogen-bond acceptors (Lipinski definition) is 8. The van der Waals surface area contributed by atoms with Crippen LogP contribution in [0.1, 0.15) is 17.3 Å². The van der Waals surface area contributed by atoms with Crippen molar-refractivity contribution in [1.29, 1.82) is 0 Å². The lowest BCUT2D eigenvalue weighted by Gasteiger charge is -2.13. The number of aliphatic hydroxyl groups is 2. The van der Waals surface area contributed by atoms with Crippen molar-refractivity contribution in [1.82, 2.24) is 0 Å². The molecule has 0 amide bonds. The third-order valence-corrected chi connectivity index (χ3v) is 3.00. The van der Waals surface area contributed by atoms with Gasteiger partial charge < -0.3 is 28.8 Å². The van der Waals surface area contributed by atoms with E-state index in [4.69, 9.17) is 28.8 Å². The van der Waals surface area contributed by atoms with Gasteiger partial charge in [-0.3, -0.25) is 0 Å². The van der Waals surface area contributed by atoms with E-state index in [9.17, 15) is 9.59 Å². The molecule has 1 aromatic carbocycles. The minimum absolute atomic E-state index is 0.0200. The molecule has 8 nitrogen and oxygen atoms in total. The van der Waals surface area contributed by atoms with E-state index in [1.54, 1.807) is 19.1 Å². The zero-order valence-electron chi connectivity index (χ0n) is 13.1. The first-order valence-corrected chi connectivity index (χ1v) is 7.37. The van der Waals surface area contributed by atoms with Gasteiger partial charge in [0.1, 0.15) is 18.8 Å². The molecule has 24 heavy (non-hydrogen) atoms. The standard InChI is InChI=1S/C16H18O8/c1-2-21-15(19)11-9-10-3-4-12(22-7-5-17)14(23-8-6-18)13(10)24-16(11)20/h3-4,9,17-18H,2,5-8H2,1H3. The first-order valence-electron chi connectivity index (χ1n) is 7.37. The highest BCUT2D eigenvalue weighted by molar-refractivity contribution is 5.94. The molecule has 0 saturated carbocycles. The van der Waals surface area contributed by atoms with Gasteiger partial charge in [-0.15, -0.1) is 0 Å². The Morgan fingerprint density at radius 3 is 2.54 bits per heavy atom. The summed E-state index contributed by atoms with van der Waals surface area (Å²) in [6.07, 6.45) is 0. The van der Waals surface area contributed by atoms with Gasteiger partial charge in [0.2, 0.25) is 5.75 Å². The zero-order chi connectivity index (χ0) is 17.5. The van der Waals surface area contributed by atoms with Crippen LogP contribution in [0.15, 0.2) is 27.4 Å². The second kappa shape index (κ2) is 8.32. The van der Waals surface area contributed by atoms with Gasteiger partial charge in [0.05, 0.1) is 19.8 Å². The van der Waals surface area contributed by atoms with E-state index in [0.717, 1.165) is 0 Å². The van der Waals surface area contributed by atoms with Crippen LogP contribution in [0.2, 0.25) is 0 Å². The van der Waals surface area contributed by atoms with Crippen molar-refractivity contribution < 1.29 is 33.6 Å². The fourth-order valence-electron chi connectivity index (χ4n) is 2.05. The van der Waals surface area contributed by atoms with Gasteiger partial charge in [0.25, 0.3) is 0 Å². The van der Waals surface area contributed by atoms with E-state index in [1.807, 2.05) is 0 Å². The predicted molar refractivity (Wildman–Crippen MR) is 83.6 cm³/mol. The molecule has 2 rings (SSSR count). The molecule has 1 heterocycles. The molecule has 0 fully saturated rings. The van der Waals surface area contributed by atoms with Crippen LogP contribution in [0.25, 0.3) is 11.0 Å². The van der Waals surface area contributed by atoms with Crippen LogP contribution in [0.5, 0.6) is 11.5 Å².